The van der Waals surface area contributed by atoms with Crippen molar-refractivity contribution >= 4 is 27.8 Å². The molecule has 1 heterocycles. The van der Waals surface area contributed by atoms with Gasteiger partial charge in [-0.25, -0.2) is 0 Å². The Bertz CT molecular complexity index is 411. The molecule has 0 aromatic rings. The molecule has 5 N–H and O–H groups in total. The molecular weight excluding hydrogens is 300 g/mol. The highest BCUT2D eigenvalue weighted by Crippen LogP contribution is 2.78. The van der Waals surface area contributed by atoms with E-state index in [9.17, 15) is 28.7 Å². The van der Waals surface area contributed by atoms with Crippen LogP contribution in [0.4, 0.5) is 0 Å². The smallest absolute Gasteiger partial charge is 0.324 e. The van der Waals surface area contributed by atoms with Crippen LogP contribution in [0.2, 0.25) is 0 Å². The van der Waals surface area contributed by atoms with Gasteiger partial charge in [-0.3, -0.25) is 9.13 Å². The Morgan fingerprint density at radius 1 is 1.11 bits per heavy atom. The third-order valence-corrected chi connectivity index (χ3v) is 9.43. The molecule has 3 atom stereocenters. The zero-order chi connectivity index (χ0) is 13.8. The average molecular weight is 317 g/mol. The number of nitrogens with one attached hydrogen (secondary N) is 1. The standard InChI is InChI=1S/C8H17NO6P2S/c10-16(11,12)8(17(13,14)15)2-1-5-6(8)3-9-4-7(5)18/h5-7,9,18H,1-4H2,(H2,10,11,12)(H2,13,14,15). The van der Waals surface area contributed by atoms with Gasteiger partial charge in [0.1, 0.15) is 0 Å². The molecule has 2 rings (SSSR count). The molecule has 1 aliphatic carbocycles. The Labute approximate surface area is 110 Å². The Hall–Kier alpha value is 0.610. The number of hydrogen-bond donors (Lipinski definition) is 6. The summed E-state index contributed by atoms with van der Waals surface area (Å²) < 4.78 is 23.4. The first kappa shape index (κ1) is 15.0. The van der Waals surface area contributed by atoms with E-state index in [1.54, 1.807) is 0 Å². The summed E-state index contributed by atoms with van der Waals surface area (Å²) in [7, 11) is -9.84. The Balaban J connectivity index is 2.51. The van der Waals surface area contributed by atoms with Crippen LogP contribution in [-0.2, 0) is 9.13 Å². The van der Waals surface area contributed by atoms with Crippen molar-refractivity contribution in [2.75, 3.05) is 13.1 Å². The first-order chi connectivity index (χ1) is 8.11. The molecule has 0 radical (unpaired) electrons. The van der Waals surface area contributed by atoms with Gasteiger partial charge in [0, 0.05) is 24.3 Å². The number of fused-ring (bicyclic) bond motifs is 1. The van der Waals surface area contributed by atoms with E-state index in [2.05, 4.69) is 17.9 Å². The van der Waals surface area contributed by atoms with Gasteiger partial charge in [-0.05, 0) is 18.8 Å². The second-order valence-electron chi connectivity index (χ2n) is 5.00. The number of hydrogen-bond acceptors (Lipinski definition) is 4. The fraction of sp³-hybridized carbons (Fsp3) is 1.00. The Morgan fingerprint density at radius 2 is 1.67 bits per heavy atom. The van der Waals surface area contributed by atoms with E-state index in [4.69, 9.17) is 0 Å². The Morgan fingerprint density at radius 3 is 2.17 bits per heavy atom. The second-order valence-corrected chi connectivity index (χ2v) is 9.79. The van der Waals surface area contributed by atoms with Crippen LogP contribution in [0.15, 0.2) is 0 Å². The molecule has 0 aromatic heterocycles. The summed E-state index contributed by atoms with van der Waals surface area (Å²) in [5.74, 6) is -0.912. The second kappa shape index (κ2) is 4.57. The fourth-order valence-electron chi connectivity index (χ4n) is 3.32. The number of thiol groups is 1. The van der Waals surface area contributed by atoms with Crippen molar-refractivity contribution in [1.29, 1.82) is 0 Å². The summed E-state index contributed by atoms with van der Waals surface area (Å²) >= 11 is 4.34. The minimum atomic E-state index is -4.92. The molecule has 10 heteroatoms. The molecule has 3 unspecified atom stereocenters. The number of piperidine rings is 1. The van der Waals surface area contributed by atoms with Crippen molar-refractivity contribution in [2.45, 2.75) is 23.0 Å². The van der Waals surface area contributed by atoms with Crippen molar-refractivity contribution < 1.29 is 28.7 Å². The maximum atomic E-state index is 11.7. The summed E-state index contributed by atoms with van der Waals surface area (Å²) in [6.07, 6.45) is 0.229. The van der Waals surface area contributed by atoms with Crippen molar-refractivity contribution in [3.05, 3.63) is 0 Å². The summed E-state index contributed by atoms with van der Waals surface area (Å²) in [5, 5.41) is 2.81. The van der Waals surface area contributed by atoms with Crippen molar-refractivity contribution in [1.82, 2.24) is 5.32 Å². The van der Waals surface area contributed by atoms with E-state index in [-0.39, 0.29) is 24.1 Å². The van der Waals surface area contributed by atoms with E-state index in [1.807, 2.05) is 0 Å². The van der Waals surface area contributed by atoms with Crippen molar-refractivity contribution in [3.63, 3.8) is 0 Å². The van der Waals surface area contributed by atoms with Gasteiger partial charge >= 0.3 is 15.2 Å². The summed E-state index contributed by atoms with van der Waals surface area (Å²) in [5.41, 5.74) is 0. The topological polar surface area (TPSA) is 127 Å². The first-order valence-corrected chi connectivity index (χ1v) is 9.35. The lowest BCUT2D eigenvalue weighted by atomic mass is 9.89. The van der Waals surface area contributed by atoms with E-state index < -0.39 is 26.0 Å². The zero-order valence-corrected chi connectivity index (χ0v) is 12.2. The van der Waals surface area contributed by atoms with Gasteiger partial charge in [-0.2, -0.15) is 12.6 Å². The van der Waals surface area contributed by atoms with Gasteiger partial charge in [-0.1, -0.05) is 0 Å². The van der Waals surface area contributed by atoms with Crippen LogP contribution in [0.1, 0.15) is 12.8 Å². The van der Waals surface area contributed by atoms with Crippen LogP contribution in [0, 0.1) is 11.8 Å². The normalized spacial score (nSPS) is 36.4. The van der Waals surface area contributed by atoms with Crippen LogP contribution in [0.25, 0.3) is 0 Å². The van der Waals surface area contributed by atoms with Crippen LogP contribution in [0.5, 0.6) is 0 Å². The SMILES string of the molecule is O=P(O)(O)C1(P(=O)(O)O)CCC2C(S)CNCC21. The Kier molecular flexibility index (Phi) is 3.81. The molecule has 2 fully saturated rings. The largest absolute Gasteiger partial charge is 0.344 e. The maximum absolute atomic E-state index is 11.7. The minimum absolute atomic E-state index is 0.135. The van der Waals surface area contributed by atoms with Crippen molar-refractivity contribution in [3.8, 4) is 0 Å². The molecule has 0 spiro atoms. The lowest BCUT2D eigenvalue weighted by Gasteiger charge is -2.41. The molecule has 106 valence electrons. The molecule has 1 saturated carbocycles. The summed E-state index contributed by atoms with van der Waals surface area (Å²) in [6, 6.07) is 0. The lowest BCUT2D eigenvalue weighted by molar-refractivity contribution is 0.238. The van der Waals surface area contributed by atoms with Gasteiger partial charge in [0.15, 0.2) is 4.90 Å². The van der Waals surface area contributed by atoms with E-state index in [1.165, 1.54) is 0 Å². The molecule has 0 aromatic carbocycles. The third-order valence-electron chi connectivity index (χ3n) is 4.18. The summed E-state index contributed by atoms with van der Waals surface area (Å²) in [6.45, 7) is 0.792. The zero-order valence-electron chi connectivity index (χ0n) is 9.51. The molecule has 18 heavy (non-hydrogen) atoms. The molecule has 0 bridgehead atoms. The van der Waals surface area contributed by atoms with Gasteiger partial charge in [-0.15, -0.1) is 0 Å². The maximum Gasteiger partial charge on any atom is 0.344 e. The van der Waals surface area contributed by atoms with Gasteiger partial charge in [0.25, 0.3) is 0 Å². The average Bonchev–Trinajstić information content (AvgIpc) is 2.57. The van der Waals surface area contributed by atoms with Crippen LogP contribution >= 0.6 is 27.8 Å². The van der Waals surface area contributed by atoms with E-state index >= 15 is 0 Å². The summed E-state index contributed by atoms with van der Waals surface area (Å²) in [4.78, 5) is 35.7. The van der Waals surface area contributed by atoms with Crippen LogP contribution in [-0.4, -0.2) is 42.8 Å². The van der Waals surface area contributed by atoms with Gasteiger partial charge in [0.05, 0.1) is 0 Å². The molecular formula is C8H17NO6P2S. The van der Waals surface area contributed by atoms with E-state index in [0.29, 0.717) is 13.0 Å². The highest BCUT2D eigenvalue weighted by molar-refractivity contribution is 7.81. The highest BCUT2D eigenvalue weighted by Gasteiger charge is 2.69. The molecule has 7 nitrogen and oxygen atoms in total. The monoisotopic (exact) mass is 317 g/mol. The number of rotatable bonds is 2. The third kappa shape index (κ3) is 2.03. The van der Waals surface area contributed by atoms with Crippen LogP contribution < -0.4 is 5.32 Å². The minimum Gasteiger partial charge on any atom is -0.324 e. The van der Waals surface area contributed by atoms with Crippen LogP contribution in [0.3, 0.4) is 0 Å². The molecule has 2 aliphatic rings. The molecule has 0 amide bonds. The molecule has 1 aliphatic heterocycles. The van der Waals surface area contributed by atoms with E-state index in [0.717, 1.165) is 0 Å². The van der Waals surface area contributed by atoms with Gasteiger partial charge in [0.2, 0.25) is 0 Å². The highest BCUT2D eigenvalue weighted by atomic mass is 32.1. The van der Waals surface area contributed by atoms with Gasteiger partial charge < -0.3 is 24.9 Å². The predicted molar refractivity (Wildman–Crippen MR) is 68.7 cm³/mol. The fourth-order valence-corrected chi connectivity index (χ4v) is 7.43. The first-order valence-electron chi connectivity index (χ1n) is 5.61. The predicted octanol–water partition coefficient (Wildman–Crippen LogP) is -0.0341. The molecule has 1 saturated heterocycles. The van der Waals surface area contributed by atoms with Crippen molar-refractivity contribution in [2.24, 2.45) is 11.8 Å². The quantitative estimate of drug-likeness (QED) is 0.312. The lowest BCUT2D eigenvalue weighted by Crippen LogP contribution is -2.49.